The van der Waals surface area contributed by atoms with Gasteiger partial charge in [0.1, 0.15) is 5.82 Å². The monoisotopic (exact) mass is 333 g/mol. The number of halogens is 1. The van der Waals surface area contributed by atoms with Crippen molar-refractivity contribution < 1.29 is 22.7 Å². The van der Waals surface area contributed by atoms with Gasteiger partial charge in [-0.05, 0) is 32.0 Å². The predicted molar refractivity (Wildman–Crippen MR) is 78.7 cm³/mol. The zero-order valence-corrected chi connectivity index (χ0v) is 13.3. The number of hydrogen-bond donors (Lipinski definition) is 1. The predicted octanol–water partition coefficient (Wildman–Crippen LogP) is 2.04. The van der Waals surface area contributed by atoms with E-state index in [0.717, 1.165) is 18.2 Å². The Morgan fingerprint density at radius 3 is 2.67 bits per heavy atom. The van der Waals surface area contributed by atoms with Gasteiger partial charge in [-0.1, -0.05) is 0 Å². The summed E-state index contributed by atoms with van der Waals surface area (Å²) in [4.78, 5) is 10.7. The average Bonchev–Trinajstić information content (AvgIpc) is 2.37. The van der Waals surface area contributed by atoms with E-state index in [9.17, 15) is 17.6 Å². The Hall–Kier alpha value is -1.12. The third-order valence-corrected chi connectivity index (χ3v) is 6.34. The van der Waals surface area contributed by atoms with Crippen molar-refractivity contribution >= 4 is 27.8 Å². The number of thioether (sulfide) groups is 1. The molecule has 1 heterocycles. The molecule has 1 aliphatic heterocycles. The summed E-state index contributed by atoms with van der Waals surface area (Å²) in [7, 11) is -3.82. The molecule has 0 aliphatic carbocycles. The molecule has 1 fully saturated rings. The van der Waals surface area contributed by atoms with Crippen molar-refractivity contribution in [2.75, 3.05) is 18.8 Å². The maximum atomic E-state index is 13.4. The van der Waals surface area contributed by atoms with Crippen LogP contribution in [0.4, 0.5) is 4.39 Å². The van der Waals surface area contributed by atoms with Crippen LogP contribution in [0, 0.1) is 5.82 Å². The number of carboxylic acid groups (broad SMARTS) is 1. The molecule has 0 unspecified atom stereocenters. The van der Waals surface area contributed by atoms with Crippen molar-refractivity contribution in [3.05, 3.63) is 29.6 Å². The molecule has 8 heteroatoms. The van der Waals surface area contributed by atoms with Gasteiger partial charge in [-0.15, -0.1) is 0 Å². The number of hydrogen-bond acceptors (Lipinski definition) is 4. The van der Waals surface area contributed by atoms with E-state index in [4.69, 9.17) is 5.11 Å². The SMILES string of the molecule is CC1(C)CN(S(=O)(=O)c2ccc(F)c(C(=O)O)c2)CCS1. The van der Waals surface area contributed by atoms with Crippen LogP contribution in [0.25, 0.3) is 0 Å². The van der Waals surface area contributed by atoms with Crippen LogP contribution in [0.1, 0.15) is 24.2 Å². The highest BCUT2D eigenvalue weighted by Gasteiger charge is 2.35. The zero-order chi connectivity index (χ0) is 15.8. The molecule has 0 spiro atoms. The number of aromatic carboxylic acids is 1. The van der Waals surface area contributed by atoms with Crippen LogP contribution in [0.15, 0.2) is 23.1 Å². The first-order valence-electron chi connectivity index (χ1n) is 6.30. The molecule has 0 bridgehead atoms. The van der Waals surface area contributed by atoms with E-state index < -0.39 is 27.4 Å². The number of carbonyl (C=O) groups is 1. The lowest BCUT2D eigenvalue weighted by Gasteiger charge is -2.36. The van der Waals surface area contributed by atoms with Gasteiger partial charge < -0.3 is 5.11 Å². The first-order chi connectivity index (χ1) is 9.63. The Bertz CT molecular complexity index is 673. The number of carboxylic acids is 1. The molecule has 0 radical (unpaired) electrons. The molecule has 1 aromatic rings. The van der Waals surface area contributed by atoms with Crippen LogP contribution in [0.3, 0.4) is 0 Å². The first-order valence-corrected chi connectivity index (χ1v) is 8.73. The van der Waals surface area contributed by atoms with Gasteiger partial charge >= 0.3 is 5.97 Å². The van der Waals surface area contributed by atoms with Gasteiger partial charge in [-0.25, -0.2) is 17.6 Å². The molecule has 1 N–H and O–H groups in total. The number of nitrogens with zero attached hydrogens (tertiary/aromatic N) is 1. The lowest BCUT2D eigenvalue weighted by Crippen LogP contribution is -2.46. The molecular weight excluding hydrogens is 317 g/mol. The van der Waals surface area contributed by atoms with E-state index in [1.165, 1.54) is 4.31 Å². The fourth-order valence-electron chi connectivity index (χ4n) is 2.16. The minimum Gasteiger partial charge on any atom is -0.478 e. The van der Waals surface area contributed by atoms with E-state index >= 15 is 0 Å². The van der Waals surface area contributed by atoms with Crippen molar-refractivity contribution in [3.8, 4) is 0 Å². The first kappa shape index (κ1) is 16.3. The Balaban J connectivity index is 2.40. The van der Waals surface area contributed by atoms with Crippen LogP contribution in [-0.4, -0.2) is 47.4 Å². The molecule has 0 aromatic heterocycles. The third kappa shape index (κ3) is 3.38. The molecule has 1 aromatic carbocycles. The number of benzene rings is 1. The highest BCUT2D eigenvalue weighted by atomic mass is 32.2. The van der Waals surface area contributed by atoms with Crippen LogP contribution >= 0.6 is 11.8 Å². The zero-order valence-electron chi connectivity index (χ0n) is 11.7. The summed E-state index contributed by atoms with van der Waals surface area (Å²) < 4.78 is 39.6. The Morgan fingerprint density at radius 2 is 2.10 bits per heavy atom. The van der Waals surface area contributed by atoms with Crippen LogP contribution in [0.2, 0.25) is 0 Å². The van der Waals surface area contributed by atoms with Gasteiger partial charge in [0, 0.05) is 23.6 Å². The highest BCUT2D eigenvalue weighted by molar-refractivity contribution is 8.00. The summed E-state index contributed by atoms with van der Waals surface area (Å²) >= 11 is 1.69. The highest BCUT2D eigenvalue weighted by Crippen LogP contribution is 2.32. The molecule has 21 heavy (non-hydrogen) atoms. The molecule has 0 saturated carbocycles. The molecular formula is C13H16FNO4S2. The van der Waals surface area contributed by atoms with Gasteiger partial charge in [0.25, 0.3) is 0 Å². The Labute approximate surface area is 127 Å². The maximum Gasteiger partial charge on any atom is 0.338 e. The van der Waals surface area contributed by atoms with Crippen molar-refractivity contribution in [2.24, 2.45) is 0 Å². The quantitative estimate of drug-likeness (QED) is 0.916. The second kappa shape index (κ2) is 5.58. The smallest absolute Gasteiger partial charge is 0.338 e. The van der Waals surface area contributed by atoms with Crippen molar-refractivity contribution in [1.82, 2.24) is 4.31 Å². The summed E-state index contributed by atoms with van der Waals surface area (Å²) in [6.07, 6.45) is 0. The largest absolute Gasteiger partial charge is 0.478 e. The minimum atomic E-state index is -3.82. The van der Waals surface area contributed by atoms with Crippen molar-refractivity contribution in [3.63, 3.8) is 0 Å². The average molecular weight is 333 g/mol. The number of rotatable bonds is 3. The van der Waals surface area contributed by atoms with Crippen LogP contribution in [0.5, 0.6) is 0 Å². The summed E-state index contributed by atoms with van der Waals surface area (Å²) in [5.74, 6) is -1.77. The van der Waals surface area contributed by atoms with Gasteiger partial charge in [0.15, 0.2) is 0 Å². The van der Waals surface area contributed by atoms with Gasteiger partial charge in [-0.3, -0.25) is 0 Å². The standard InChI is InChI=1S/C13H16FNO4S2/c1-13(2)8-15(5-6-20-13)21(18,19)9-3-4-11(14)10(7-9)12(16)17/h3-4,7H,5-6,8H2,1-2H3,(H,16,17). The minimum absolute atomic E-state index is 0.191. The van der Waals surface area contributed by atoms with E-state index in [1.54, 1.807) is 11.8 Å². The van der Waals surface area contributed by atoms with Gasteiger partial charge in [0.2, 0.25) is 10.0 Å². The van der Waals surface area contributed by atoms with Crippen molar-refractivity contribution in [2.45, 2.75) is 23.5 Å². The Morgan fingerprint density at radius 1 is 1.43 bits per heavy atom. The van der Waals surface area contributed by atoms with E-state index in [1.807, 2.05) is 13.8 Å². The maximum absolute atomic E-state index is 13.4. The molecule has 5 nitrogen and oxygen atoms in total. The summed E-state index contributed by atoms with van der Waals surface area (Å²) in [5.41, 5.74) is -0.637. The number of sulfonamides is 1. The molecule has 0 atom stereocenters. The summed E-state index contributed by atoms with van der Waals surface area (Å²) in [6, 6.07) is 2.85. The van der Waals surface area contributed by atoms with E-state index in [0.29, 0.717) is 18.8 Å². The topological polar surface area (TPSA) is 74.7 Å². The Kier molecular flexibility index (Phi) is 4.32. The summed E-state index contributed by atoms with van der Waals surface area (Å²) in [6.45, 7) is 4.59. The lowest BCUT2D eigenvalue weighted by atomic mass is 10.2. The molecule has 1 saturated heterocycles. The van der Waals surface area contributed by atoms with Gasteiger partial charge in [0.05, 0.1) is 10.5 Å². The lowest BCUT2D eigenvalue weighted by molar-refractivity contribution is 0.0691. The fourth-order valence-corrected chi connectivity index (χ4v) is 5.09. The summed E-state index contributed by atoms with van der Waals surface area (Å²) in [5, 5.41) is 8.90. The molecule has 2 rings (SSSR count). The molecule has 0 amide bonds. The second-order valence-corrected chi connectivity index (χ2v) is 9.13. The van der Waals surface area contributed by atoms with Gasteiger partial charge in [-0.2, -0.15) is 16.1 Å². The van der Waals surface area contributed by atoms with E-state index in [-0.39, 0.29) is 9.64 Å². The normalized spacial score (nSPS) is 19.4. The third-order valence-electron chi connectivity index (χ3n) is 3.20. The molecule has 116 valence electrons. The fraction of sp³-hybridized carbons (Fsp3) is 0.462. The van der Waals surface area contributed by atoms with Crippen LogP contribution in [-0.2, 0) is 10.0 Å². The van der Waals surface area contributed by atoms with Crippen molar-refractivity contribution in [1.29, 1.82) is 0 Å². The molecule has 1 aliphatic rings. The van der Waals surface area contributed by atoms with Crippen LogP contribution < -0.4 is 0 Å². The second-order valence-electron chi connectivity index (χ2n) is 5.39. The van der Waals surface area contributed by atoms with E-state index in [2.05, 4.69) is 0 Å².